The second kappa shape index (κ2) is 6.34. The molecule has 0 aromatic carbocycles. The Labute approximate surface area is 97.8 Å². The van der Waals surface area contributed by atoms with Crippen LogP contribution in [0.15, 0.2) is 5.38 Å². The van der Waals surface area contributed by atoms with Crippen molar-refractivity contribution in [3.8, 4) is 0 Å². The zero-order valence-corrected chi connectivity index (χ0v) is 10.1. The number of rotatable bonds is 6. The quantitative estimate of drug-likeness (QED) is 0.609. The van der Waals surface area contributed by atoms with Gasteiger partial charge in [-0.25, -0.2) is 4.98 Å². The van der Waals surface area contributed by atoms with E-state index in [1.807, 2.05) is 6.92 Å². The van der Waals surface area contributed by atoms with Gasteiger partial charge < -0.3 is 10.1 Å². The second-order valence-corrected chi connectivity index (χ2v) is 3.95. The summed E-state index contributed by atoms with van der Waals surface area (Å²) < 4.78 is 5.05. The number of Topliss-reactive ketones (excluding diaryl/α,β-unsaturated/α-hetero) is 1. The van der Waals surface area contributed by atoms with E-state index in [-0.39, 0.29) is 11.7 Å². The van der Waals surface area contributed by atoms with Crippen molar-refractivity contribution in [2.24, 2.45) is 0 Å². The molecule has 0 spiro atoms. The van der Waals surface area contributed by atoms with E-state index in [0.717, 1.165) is 0 Å². The predicted octanol–water partition coefficient (Wildman–Crippen LogP) is 1.71. The minimum Gasteiger partial charge on any atom is -0.381 e. The van der Waals surface area contributed by atoms with Crippen molar-refractivity contribution < 1.29 is 14.3 Å². The summed E-state index contributed by atoms with van der Waals surface area (Å²) in [6, 6.07) is 0. The topological polar surface area (TPSA) is 68.3 Å². The Bertz CT molecular complexity index is 376. The van der Waals surface area contributed by atoms with Crippen molar-refractivity contribution in [3.05, 3.63) is 11.1 Å². The molecule has 1 aromatic rings. The average Bonchev–Trinajstić information content (AvgIpc) is 2.66. The fourth-order valence-electron chi connectivity index (χ4n) is 0.984. The van der Waals surface area contributed by atoms with Crippen LogP contribution in [0.4, 0.5) is 5.13 Å². The van der Waals surface area contributed by atoms with Gasteiger partial charge in [0.25, 0.3) is 0 Å². The molecule has 1 N–H and O–H groups in total. The highest BCUT2D eigenvalue weighted by Crippen LogP contribution is 2.15. The first-order valence-corrected chi connectivity index (χ1v) is 5.85. The maximum absolute atomic E-state index is 11.4. The third-order valence-corrected chi connectivity index (χ3v) is 2.55. The Kier molecular flexibility index (Phi) is 5.07. The molecule has 88 valence electrons. The second-order valence-electron chi connectivity index (χ2n) is 3.09. The fourth-order valence-corrected chi connectivity index (χ4v) is 1.75. The van der Waals surface area contributed by atoms with Gasteiger partial charge in [-0.3, -0.25) is 9.59 Å². The van der Waals surface area contributed by atoms with Crippen LogP contribution >= 0.6 is 11.3 Å². The van der Waals surface area contributed by atoms with Gasteiger partial charge in [-0.05, 0) is 6.92 Å². The monoisotopic (exact) mass is 242 g/mol. The Balaban J connectivity index is 2.40. The lowest BCUT2D eigenvalue weighted by atomic mass is 10.4. The van der Waals surface area contributed by atoms with E-state index in [4.69, 9.17) is 4.74 Å². The highest BCUT2D eigenvalue weighted by Gasteiger charge is 2.08. The third-order valence-electron chi connectivity index (χ3n) is 1.79. The van der Waals surface area contributed by atoms with Gasteiger partial charge in [-0.2, -0.15) is 0 Å². The normalized spacial score (nSPS) is 10.1. The number of ketones is 1. The Morgan fingerprint density at radius 2 is 2.31 bits per heavy atom. The van der Waals surface area contributed by atoms with E-state index in [2.05, 4.69) is 10.3 Å². The van der Waals surface area contributed by atoms with E-state index >= 15 is 0 Å². The first-order valence-electron chi connectivity index (χ1n) is 4.97. The van der Waals surface area contributed by atoms with Crippen molar-refractivity contribution in [3.63, 3.8) is 0 Å². The lowest BCUT2D eigenvalue weighted by Gasteiger charge is -2.01. The van der Waals surface area contributed by atoms with Crippen LogP contribution in [0.25, 0.3) is 0 Å². The largest absolute Gasteiger partial charge is 0.381 e. The molecule has 5 nitrogen and oxygen atoms in total. The molecule has 0 saturated carbocycles. The SMILES string of the molecule is CCOCCC(=O)Nc1nc(C(C)=O)cs1. The summed E-state index contributed by atoms with van der Waals surface area (Å²) in [7, 11) is 0. The molecule has 1 heterocycles. The van der Waals surface area contributed by atoms with E-state index in [0.29, 0.717) is 30.5 Å². The number of hydrogen-bond donors (Lipinski definition) is 1. The van der Waals surface area contributed by atoms with Crippen molar-refractivity contribution in [1.29, 1.82) is 0 Å². The molecule has 6 heteroatoms. The smallest absolute Gasteiger partial charge is 0.228 e. The molecule has 0 aliphatic rings. The molecule has 16 heavy (non-hydrogen) atoms. The zero-order chi connectivity index (χ0) is 12.0. The van der Waals surface area contributed by atoms with Gasteiger partial charge in [0.1, 0.15) is 5.69 Å². The van der Waals surface area contributed by atoms with E-state index in [1.165, 1.54) is 18.3 Å². The molecule has 1 rings (SSSR count). The van der Waals surface area contributed by atoms with E-state index in [9.17, 15) is 9.59 Å². The van der Waals surface area contributed by atoms with Crippen LogP contribution in [0.2, 0.25) is 0 Å². The van der Waals surface area contributed by atoms with Gasteiger partial charge in [0.15, 0.2) is 10.9 Å². The minimum absolute atomic E-state index is 0.105. The standard InChI is InChI=1S/C10H14N2O3S/c1-3-15-5-4-9(14)12-10-11-8(6-16-10)7(2)13/h6H,3-5H2,1-2H3,(H,11,12,14). The molecule has 0 aliphatic carbocycles. The Morgan fingerprint density at radius 3 is 2.88 bits per heavy atom. The molecule has 1 amide bonds. The molecular weight excluding hydrogens is 228 g/mol. The van der Waals surface area contributed by atoms with E-state index < -0.39 is 0 Å². The van der Waals surface area contributed by atoms with Gasteiger partial charge >= 0.3 is 0 Å². The molecule has 0 bridgehead atoms. The summed E-state index contributed by atoms with van der Waals surface area (Å²) in [5, 5.41) is 4.69. The van der Waals surface area contributed by atoms with Gasteiger partial charge in [0, 0.05) is 18.9 Å². The van der Waals surface area contributed by atoms with Crippen molar-refractivity contribution in [1.82, 2.24) is 4.98 Å². The molecule has 0 atom stereocenters. The number of hydrogen-bond acceptors (Lipinski definition) is 5. The summed E-state index contributed by atoms with van der Waals surface area (Å²) in [6.45, 7) is 4.31. The van der Waals surface area contributed by atoms with Gasteiger partial charge in [0.05, 0.1) is 13.0 Å². The number of nitrogens with one attached hydrogen (secondary N) is 1. The molecule has 0 radical (unpaired) electrons. The van der Waals surface area contributed by atoms with Crippen LogP contribution < -0.4 is 5.32 Å². The number of carbonyl (C=O) groups is 2. The molecular formula is C10H14N2O3S. The summed E-state index contributed by atoms with van der Waals surface area (Å²) in [6.07, 6.45) is 0.294. The number of carbonyl (C=O) groups excluding carboxylic acids is 2. The number of amides is 1. The minimum atomic E-state index is -0.155. The first kappa shape index (κ1) is 12.8. The molecule has 0 saturated heterocycles. The van der Waals surface area contributed by atoms with Crippen molar-refractivity contribution in [2.75, 3.05) is 18.5 Å². The maximum atomic E-state index is 11.4. The molecule has 0 unspecified atom stereocenters. The number of ether oxygens (including phenoxy) is 1. The average molecular weight is 242 g/mol. The van der Waals surface area contributed by atoms with Crippen LogP contribution in [0.3, 0.4) is 0 Å². The molecule has 0 aliphatic heterocycles. The Hall–Kier alpha value is -1.27. The van der Waals surface area contributed by atoms with Crippen LogP contribution in [-0.4, -0.2) is 29.9 Å². The van der Waals surface area contributed by atoms with Gasteiger partial charge in [-0.15, -0.1) is 11.3 Å². The van der Waals surface area contributed by atoms with Crippen LogP contribution in [0, 0.1) is 0 Å². The maximum Gasteiger partial charge on any atom is 0.228 e. The number of aromatic nitrogens is 1. The highest BCUT2D eigenvalue weighted by atomic mass is 32.1. The van der Waals surface area contributed by atoms with Crippen molar-refractivity contribution in [2.45, 2.75) is 20.3 Å². The number of thiazole rings is 1. The van der Waals surface area contributed by atoms with Crippen LogP contribution in [0.1, 0.15) is 30.8 Å². The number of nitrogens with zero attached hydrogens (tertiary/aromatic N) is 1. The number of anilines is 1. The molecule has 0 fully saturated rings. The lowest BCUT2D eigenvalue weighted by Crippen LogP contribution is -2.14. The van der Waals surface area contributed by atoms with Crippen molar-refractivity contribution >= 4 is 28.2 Å². The Morgan fingerprint density at radius 1 is 1.56 bits per heavy atom. The molecule has 1 aromatic heterocycles. The van der Waals surface area contributed by atoms with Crippen LogP contribution in [-0.2, 0) is 9.53 Å². The zero-order valence-electron chi connectivity index (χ0n) is 9.28. The summed E-state index contributed by atoms with van der Waals surface area (Å²) >= 11 is 1.24. The lowest BCUT2D eigenvalue weighted by molar-refractivity contribution is -0.117. The summed E-state index contributed by atoms with van der Waals surface area (Å²) in [5.41, 5.74) is 0.380. The van der Waals surface area contributed by atoms with Crippen LogP contribution in [0.5, 0.6) is 0 Å². The van der Waals surface area contributed by atoms with Gasteiger partial charge in [0.2, 0.25) is 5.91 Å². The van der Waals surface area contributed by atoms with Gasteiger partial charge in [-0.1, -0.05) is 0 Å². The highest BCUT2D eigenvalue weighted by molar-refractivity contribution is 7.14. The first-order chi connectivity index (χ1) is 7.63. The van der Waals surface area contributed by atoms with E-state index in [1.54, 1.807) is 5.38 Å². The third kappa shape index (κ3) is 4.08. The summed E-state index contributed by atoms with van der Waals surface area (Å²) in [5.74, 6) is -0.260. The summed E-state index contributed by atoms with van der Waals surface area (Å²) in [4.78, 5) is 26.3. The fraction of sp³-hybridized carbons (Fsp3) is 0.500. The predicted molar refractivity (Wildman–Crippen MR) is 61.9 cm³/mol.